The summed E-state index contributed by atoms with van der Waals surface area (Å²) in [6.07, 6.45) is 4.83. The van der Waals surface area contributed by atoms with Crippen molar-refractivity contribution in [3.05, 3.63) is 52.8 Å². The van der Waals surface area contributed by atoms with Gasteiger partial charge in [0.1, 0.15) is 17.3 Å². The Balaban J connectivity index is 1.68. The van der Waals surface area contributed by atoms with Gasteiger partial charge < -0.3 is 19.1 Å². The van der Waals surface area contributed by atoms with Crippen molar-refractivity contribution in [3.63, 3.8) is 0 Å². The molecule has 0 bridgehead atoms. The minimum atomic E-state index is -0.777. The minimum absolute atomic E-state index is 0.164. The topological polar surface area (TPSA) is 73.6 Å². The molecule has 172 valence electrons. The second-order valence-electron chi connectivity index (χ2n) is 7.90. The first-order valence-electron chi connectivity index (χ1n) is 11.2. The van der Waals surface area contributed by atoms with Crippen molar-refractivity contribution < 1.29 is 19.4 Å². The van der Waals surface area contributed by atoms with E-state index in [9.17, 15) is 4.79 Å². The molecule has 0 saturated heterocycles. The lowest BCUT2D eigenvalue weighted by Crippen LogP contribution is -2.04. The summed E-state index contributed by atoms with van der Waals surface area (Å²) in [5, 5.41) is 9.40. The summed E-state index contributed by atoms with van der Waals surface area (Å²) in [7, 11) is 0. The molecule has 0 spiro atoms. The highest BCUT2D eigenvalue weighted by Gasteiger charge is 2.12. The first-order chi connectivity index (χ1) is 15.5. The van der Waals surface area contributed by atoms with Crippen molar-refractivity contribution in [2.45, 2.75) is 58.9 Å². The molecule has 0 radical (unpaired) electrons. The lowest BCUT2D eigenvalue weighted by atomic mass is 10.2. The number of nitrogens with zero attached hydrogens (tertiary/aromatic N) is 2. The van der Waals surface area contributed by atoms with Crippen LogP contribution in [0.4, 0.5) is 0 Å². The van der Waals surface area contributed by atoms with Crippen LogP contribution in [0.25, 0.3) is 11.0 Å². The molecule has 0 aliphatic heterocycles. The highest BCUT2D eigenvalue weighted by molar-refractivity contribution is 6.31. The number of hydrogen-bond donors (Lipinski definition) is 1. The smallest absolute Gasteiger partial charge is 0.303 e. The molecule has 2 aromatic carbocycles. The van der Waals surface area contributed by atoms with E-state index < -0.39 is 5.97 Å². The van der Waals surface area contributed by atoms with Crippen molar-refractivity contribution in [3.8, 4) is 11.5 Å². The number of carbonyl (C=O) groups is 1. The van der Waals surface area contributed by atoms with Gasteiger partial charge in [0.2, 0.25) is 0 Å². The second-order valence-corrected chi connectivity index (χ2v) is 8.31. The van der Waals surface area contributed by atoms with E-state index >= 15 is 0 Å². The molecular weight excluding hydrogens is 428 g/mol. The maximum Gasteiger partial charge on any atom is 0.303 e. The van der Waals surface area contributed by atoms with Crippen molar-refractivity contribution in [2.24, 2.45) is 0 Å². The van der Waals surface area contributed by atoms with Crippen LogP contribution < -0.4 is 9.47 Å². The number of rotatable bonds is 13. The molecule has 3 rings (SSSR count). The molecule has 0 aliphatic carbocycles. The largest absolute Gasteiger partial charge is 0.494 e. The Bertz CT molecular complexity index is 1050. The summed E-state index contributed by atoms with van der Waals surface area (Å²) in [4.78, 5) is 15.3. The van der Waals surface area contributed by atoms with Gasteiger partial charge in [-0.1, -0.05) is 37.4 Å². The Kier molecular flexibility index (Phi) is 8.80. The van der Waals surface area contributed by atoms with Crippen LogP contribution in [0.1, 0.15) is 56.8 Å². The van der Waals surface area contributed by atoms with Crippen LogP contribution in [0.15, 0.2) is 36.4 Å². The van der Waals surface area contributed by atoms with Gasteiger partial charge in [-0.05, 0) is 56.0 Å². The van der Waals surface area contributed by atoms with Crippen molar-refractivity contribution in [1.82, 2.24) is 9.55 Å². The number of unbranched alkanes of at least 4 members (excludes halogenated alkanes) is 3. The number of carboxylic acids is 1. The molecule has 1 aromatic heterocycles. The summed E-state index contributed by atoms with van der Waals surface area (Å²) in [6, 6.07) is 11.7. The highest BCUT2D eigenvalue weighted by atomic mass is 35.5. The van der Waals surface area contributed by atoms with E-state index in [1.807, 2.05) is 43.3 Å². The van der Waals surface area contributed by atoms with Crippen molar-refractivity contribution in [2.75, 3.05) is 13.2 Å². The van der Waals surface area contributed by atoms with E-state index in [0.29, 0.717) is 37.6 Å². The molecule has 0 fully saturated rings. The summed E-state index contributed by atoms with van der Waals surface area (Å²) in [5.74, 6) is 1.66. The SMILES string of the molecule is CCCCCOc1ccc(Cn2c(C)nc3ccc(OCCCCC(=O)O)cc32)c(Cl)c1. The van der Waals surface area contributed by atoms with E-state index in [4.69, 9.17) is 26.2 Å². The fourth-order valence-corrected chi connectivity index (χ4v) is 3.77. The first-order valence-corrected chi connectivity index (χ1v) is 11.6. The third kappa shape index (κ3) is 6.63. The first kappa shape index (κ1) is 23.9. The molecule has 7 heteroatoms. The minimum Gasteiger partial charge on any atom is -0.494 e. The molecule has 0 saturated carbocycles. The fourth-order valence-electron chi connectivity index (χ4n) is 3.54. The molecule has 32 heavy (non-hydrogen) atoms. The van der Waals surface area contributed by atoms with Gasteiger partial charge in [-0.2, -0.15) is 0 Å². The third-order valence-corrected chi connectivity index (χ3v) is 5.69. The van der Waals surface area contributed by atoms with E-state index in [2.05, 4.69) is 16.5 Å². The van der Waals surface area contributed by atoms with Gasteiger partial charge in [-0.25, -0.2) is 4.98 Å². The normalized spacial score (nSPS) is 11.1. The molecule has 3 aromatic rings. The predicted molar refractivity (Wildman–Crippen MR) is 127 cm³/mol. The summed E-state index contributed by atoms with van der Waals surface area (Å²) in [6.45, 7) is 5.93. The summed E-state index contributed by atoms with van der Waals surface area (Å²) >= 11 is 6.56. The number of aryl methyl sites for hydroxylation is 1. The van der Waals surface area contributed by atoms with Crippen LogP contribution in [-0.2, 0) is 11.3 Å². The van der Waals surface area contributed by atoms with Gasteiger partial charge >= 0.3 is 5.97 Å². The fraction of sp³-hybridized carbons (Fsp3) is 0.440. The Morgan fingerprint density at radius 1 is 1.03 bits per heavy atom. The number of aliphatic carboxylic acids is 1. The number of aromatic nitrogens is 2. The van der Waals surface area contributed by atoms with Crippen LogP contribution in [0.3, 0.4) is 0 Å². The Labute approximate surface area is 194 Å². The zero-order valence-corrected chi connectivity index (χ0v) is 19.5. The summed E-state index contributed by atoms with van der Waals surface area (Å²) in [5.41, 5.74) is 2.86. The zero-order chi connectivity index (χ0) is 22.9. The van der Waals surface area contributed by atoms with Gasteiger partial charge in [-0.3, -0.25) is 4.79 Å². The Hall–Kier alpha value is -2.73. The van der Waals surface area contributed by atoms with Crippen molar-refractivity contribution in [1.29, 1.82) is 0 Å². The number of hydrogen-bond acceptors (Lipinski definition) is 4. The summed E-state index contributed by atoms with van der Waals surface area (Å²) < 4.78 is 13.8. The van der Waals surface area contributed by atoms with Crippen LogP contribution in [0, 0.1) is 6.92 Å². The number of benzene rings is 2. The van der Waals surface area contributed by atoms with E-state index in [1.54, 1.807) is 0 Å². The zero-order valence-electron chi connectivity index (χ0n) is 18.8. The quantitative estimate of drug-likeness (QED) is 0.306. The van der Waals surface area contributed by atoms with Gasteiger partial charge in [0, 0.05) is 17.5 Å². The predicted octanol–water partition coefficient (Wildman–Crippen LogP) is 6.25. The standard InChI is InChI=1S/C25H31ClN2O4/c1-3-4-6-13-31-20-10-9-19(22(26)15-20)17-28-18(2)27-23-12-11-21(16-24(23)28)32-14-7-5-8-25(29)30/h9-12,15-16H,3-8,13-14,17H2,1-2H3,(H,29,30). The lowest BCUT2D eigenvalue weighted by Gasteiger charge is -2.12. The number of fused-ring (bicyclic) bond motifs is 1. The lowest BCUT2D eigenvalue weighted by molar-refractivity contribution is -0.137. The number of imidazole rings is 1. The van der Waals surface area contributed by atoms with Crippen LogP contribution in [-0.4, -0.2) is 33.8 Å². The molecule has 6 nitrogen and oxygen atoms in total. The average Bonchev–Trinajstić information content (AvgIpc) is 3.07. The number of carboxylic acid groups (broad SMARTS) is 1. The van der Waals surface area contributed by atoms with Crippen molar-refractivity contribution >= 4 is 28.6 Å². The van der Waals surface area contributed by atoms with Gasteiger partial charge in [0.15, 0.2) is 0 Å². The van der Waals surface area contributed by atoms with Gasteiger partial charge in [0.25, 0.3) is 0 Å². The molecule has 0 amide bonds. The monoisotopic (exact) mass is 458 g/mol. The molecule has 0 aliphatic rings. The molecule has 1 heterocycles. The Morgan fingerprint density at radius 2 is 1.72 bits per heavy atom. The molecule has 0 unspecified atom stereocenters. The highest BCUT2D eigenvalue weighted by Crippen LogP contribution is 2.27. The van der Waals surface area contributed by atoms with E-state index in [-0.39, 0.29) is 6.42 Å². The van der Waals surface area contributed by atoms with E-state index in [0.717, 1.165) is 46.8 Å². The number of ether oxygens (including phenoxy) is 2. The third-order valence-electron chi connectivity index (χ3n) is 5.33. The van der Waals surface area contributed by atoms with Crippen LogP contribution in [0.5, 0.6) is 11.5 Å². The van der Waals surface area contributed by atoms with E-state index in [1.165, 1.54) is 6.42 Å². The second kappa shape index (κ2) is 11.8. The average molecular weight is 459 g/mol. The Morgan fingerprint density at radius 3 is 2.41 bits per heavy atom. The molecule has 1 N–H and O–H groups in total. The maximum absolute atomic E-state index is 10.6. The van der Waals surface area contributed by atoms with Crippen LogP contribution in [0.2, 0.25) is 5.02 Å². The molecular formula is C25H31ClN2O4. The van der Waals surface area contributed by atoms with Gasteiger partial charge in [0.05, 0.1) is 30.8 Å². The molecule has 0 atom stereocenters. The maximum atomic E-state index is 10.6. The van der Waals surface area contributed by atoms with Crippen LogP contribution >= 0.6 is 11.6 Å². The number of halogens is 1. The van der Waals surface area contributed by atoms with Gasteiger partial charge in [-0.15, -0.1) is 0 Å².